The molecule has 3 rings (SSSR count). The summed E-state index contributed by atoms with van der Waals surface area (Å²) in [6.07, 6.45) is 2.90. The smallest absolute Gasteiger partial charge is 0.349 e. The van der Waals surface area contributed by atoms with E-state index >= 15 is 0 Å². The lowest BCUT2D eigenvalue weighted by molar-refractivity contribution is 0.222. The fraction of sp³-hybridized carbons (Fsp3) is 0.532. The molecular weight excluding hydrogens is 1050 g/mol. The van der Waals surface area contributed by atoms with Crippen LogP contribution in [-0.2, 0) is 45.3 Å². The van der Waals surface area contributed by atoms with Gasteiger partial charge < -0.3 is 45.3 Å². The minimum atomic E-state index is -2.78. The predicted molar refractivity (Wildman–Crippen MR) is 319 cm³/mol. The summed E-state index contributed by atoms with van der Waals surface area (Å²) in [6, 6.07) is 2.54. The van der Waals surface area contributed by atoms with Gasteiger partial charge in [0.15, 0.2) is 0 Å². The fourth-order valence-corrected chi connectivity index (χ4v) is 62.3. The summed E-state index contributed by atoms with van der Waals surface area (Å²) in [7, 11) is -28.9. The second kappa shape index (κ2) is 28.1. The number of hydrogen-bond acceptors (Lipinski definition) is 11. The Bertz CT molecular complexity index is 1670. The van der Waals surface area contributed by atoms with Gasteiger partial charge in [-0.25, -0.2) is 0 Å². The molecule has 0 radical (unpaired) electrons. The van der Waals surface area contributed by atoms with E-state index in [4.69, 9.17) is 45.3 Å². The standard InChI is InChI=1S/C18H36O4Si4.C15H30O3Si3.C12H24O4Si4.C2H6/c1-10-16-24(13-4)19-23(9,12-3)20-26(15-6,18(7)8)22-25(14-5,21-24)17-11-2;1-9-13-19(10-2)16-20(11-3,14(5)6)18-21(12-4,17-19)15(7)8;1-9-17(5)13-18(6,10-2)15-20(8,12-4)16-19(7,11-3)14-17;1-2/h12-15,18H,3-6,10-11,16-17H2,1-2,7-9H3;10-12,14-15H,2-4,9,13H2,1,5-8H3;9-12H,1-4H2,5-8H3;1-2H3. The average Bonchev–Trinajstić information content (AvgIpc) is 3.31. The molecular formula is C47H96O11Si11. The maximum absolute atomic E-state index is 6.86. The van der Waals surface area contributed by atoms with Crippen LogP contribution in [0.4, 0.5) is 0 Å². The van der Waals surface area contributed by atoms with Gasteiger partial charge in [-0.2, -0.15) is 0 Å². The zero-order valence-electron chi connectivity index (χ0n) is 46.1. The molecule has 0 amide bonds. The van der Waals surface area contributed by atoms with Gasteiger partial charge in [0.2, 0.25) is 0 Å². The van der Waals surface area contributed by atoms with E-state index in [1.165, 1.54) is 0 Å². The largest absolute Gasteiger partial charge is 0.410 e. The van der Waals surface area contributed by atoms with Crippen molar-refractivity contribution in [2.75, 3.05) is 0 Å². The Hall–Kier alpha value is -0.914. The zero-order valence-corrected chi connectivity index (χ0v) is 57.1. The van der Waals surface area contributed by atoms with Crippen LogP contribution in [0.2, 0.25) is 67.5 Å². The first-order chi connectivity index (χ1) is 32.0. The zero-order chi connectivity index (χ0) is 54.0. The van der Waals surface area contributed by atoms with Crippen molar-refractivity contribution < 1.29 is 45.3 Å². The van der Waals surface area contributed by atoms with E-state index in [-0.39, 0.29) is 16.6 Å². The van der Waals surface area contributed by atoms with Gasteiger partial charge in [0.1, 0.15) is 0 Å². The highest BCUT2D eigenvalue weighted by Crippen LogP contribution is 2.45. The molecule has 22 heteroatoms. The molecule has 3 saturated heterocycles. The summed E-state index contributed by atoms with van der Waals surface area (Å²) in [5, 5.41) is 0. The lowest BCUT2D eigenvalue weighted by Gasteiger charge is -2.53. The van der Waals surface area contributed by atoms with E-state index in [1.54, 1.807) is 22.8 Å². The van der Waals surface area contributed by atoms with Crippen molar-refractivity contribution in [2.24, 2.45) is 0 Å². The first-order valence-corrected chi connectivity index (χ1v) is 48.9. The Morgan fingerprint density at radius 1 is 0.290 bits per heavy atom. The van der Waals surface area contributed by atoms with E-state index < -0.39 is 94.2 Å². The molecule has 6 atom stereocenters. The molecule has 394 valence electrons. The molecule has 3 heterocycles. The van der Waals surface area contributed by atoms with E-state index in [2.05, 4.69) is 135 Å². The van der Waals surface area contributed by atoms with Gasteiger partial charge in [0.05, 0.1) is 0 Å². The van der Waals surface area contributed by atoms with E-state index in [0.717, 1.165) is 37.4 Å². The lowest BCUT2D eigenvalue weighted by atomic mass is 10.6. The van der Waals surface area contributed by atoms with Gasteiger partial charge in [0, 0.05) is 0 Å². The molecule has 6 unspecified atom stereocenters. The highest BCUT2D eigenvalue weighted by Gasteiger charge is 2.62. The third-order valence-corrected chi connectivity index (χ3v) is 59.7. The van der Waals surface area contributed by atoms with Crippen LogP contribution in [0.5, 0.6) is 0 Å². The Balaban J connectivity index is 0.000000996. The van der Waals surface area contributed by atoms with Crippen molar-refractivity contribution in [1.82, 2.24) is 0 Å². The van der Waals surface area contributed by atoms with E-state index in [0.29, 0.717) is 0 Å². The second-order valence-corrected chi connectivity index (χ2v) is 56.6. The fourth-order valence-electron chi connectivity index (χ4n) is 7.84. The summed E-state index contributed by atoms with van der Waals surface area (Å²) >= 11 is 0. The van der Waals surface area contributed by atoms with Crippen molar-refractivity contribution in [2.45, 2.75) is 163 Å². The topological polar surface area (TPSA) is 102 Å². The first kappa shape index (κ1) is 68.1. The summed E-state index contributed by atoms with van der Waals surface area (Å²) in [6.45, 7) is 76.7. The Morgan fingerprint density at radius 3 is 0.710 bits per heavy atom. The maximum Gasteiger partial charge on any atom is 0.349 e. The molecule has 3 aliphatic heterocycles. The number of rotatable bonds is 20. The first-order valence-electron chi connectivity index (χ1n) is 24.7. The van der Waals surface area contributed by atoms with Gasteiger partial charge in [-0.15, -0.1) is 72.4 Å². The highest BCUT2D eigenvalue weighted by atomic mass is 28.5. The SMILES string of the molecule is C=C[Si]1(C)O[Si](C)(C=C)O[Si](C)(C=C)O[Si](C)(C=C)O1.C=C[Si]1(C)O[Si](C=C)(CCC)O[Si](C=C)(CCC)O[Si](C=C)(C(C)C)O1.C=C[Si]1(CCC)O[Si](C=C)(C(C)C)O[Si](C=C)(C(C)C)O1.CC. The van der Waals surface area contributed by atoms with Crippen LogP contribution >= 0.6 is 0 Å². The molecule has 0 aromatic carbocycles. The van der Waals surface area contributed by atoms with Crippen molar-refractivity contribution in [3.8, 4) is 0 Å². The molecule has 0 spiro atoms. The van der Waals surface area contributed by atoms with Crippen LogP contribution in [0.15, 0.2) is 135 Å². The molecule has 69 heavy (non-hydrogen) atoms. The Labute approximate surface area is 434 Å². The molecule has 3 aliphatic rings. The Morgan fingerprint density at radius 2 is 0.507 bits per heavy atom. The summed E-state index contributed by atoms with van der Waals surface area (Å²) < 4.78 is 71.8. The van der Waals surface area contributed by atoms with Gasteiger partial charge in [-0.3, -0.25) is 0 Å². The predicted octanol–water partition coefficient (Wildman–Crippen LogP) is 14.7. The molecule has 0 aromatic heterocycles. The van der Waals surface area contributed by atoms with Crippen LogP contribution < -0.4 is 0 Å². The van der Waals surface area contributed by atoms with Crippen LogP contribution in [-0.4, -0.2) is 94.2 Å². The van der Waals surface area contributed by atoms with Crippen LogP contribution in [0.1, 0.15) is 95.4 Å². The van der Waals surface area contributed by atoms with Crippen LogP contribution in [0.3, 0.4) is 0 Å². The molecule has 0 saturated carbocycles. The van der Waals surface area contributed by atoms with Gasteiger partial charge in [-0.1, -0.05) is 158 Å². The third-order valence-electron chi connectivity index (χ3n) is 11.9. The van der Waals surface area contributed by atoms with Crippen molar-refractivity contribution in [1.29, 1.82) is 0 Å². The molecule has 0 aromatic rings. The van der Waals surface area contributed by atoms with Gasteiger partial charge in [-0.05, 0) is 67.5 Å². The monoisotopic (exact) mass is 1140 g/mol. The molecule has 0 N–H and O–H groups in total. The van der Waals surface area contributed by atoms with E-state index in [9.17, 15) is 0 Å². The lowest BCUT2D eigenvalue weighted by Crippen LogP contribution is -2.70. The quantitative estimate of drug-likeness (QED) is 0.109. The van der Waals surface area contributed by atoms with E-state index in [1.807, 2.05) is 86.5 Å². The molecule has 11 nitrogen and oxygen atoms in total. The van der Waals surface area contributed by atoms with Crippen molar-refractivity contribution in [3.05, 3.63) is 135 Å². The van der Waals surface area contributed by atoms with Gasteiger partial charge in [0.25, 0.3) is 0 Å². The molecule has 0 aliphatic carbocycles. The normalized spacial score (nSPS) is 38.9. The van der Waals surface area contributed by atoms with Crippen LogP contribution in [0.25, 0.3) is 0 Å². The summed E-state index contributed by atoms with van der Waals surface area (Å²) in [5.74, 6) is 0. The average molecular weight is 1150 g/mol. The van der Waals surface area contributed by atoms with Gasteiger partial charge >= 0.3 is 94.2 Å². The summed E-state index contributed by atoms with van der Waals surface area (Å²) in [4.78, 5) is 0. The Kier molecular flexibility index (Phi) is 27.7. The van der Waals surface area contributed by atoms with Crippen LogP contribution in [0, 0.1) is 0 Å². The minimum Gasteiger partial charge on any atom is -0.410 e. The molecule has 0 bridgehead atoms. The van der Waals surface area contributed by atoms with Crippen molar-refractivity contribution >= 4 is 94.2 Å². The third kappa shape index (κ3) is 17.3. The highest BCUT2D eigenvalue weighted by molar-refractivity contribution is 7.01. The number of hydrogen-bond donors (Lipinski definition) is 0. The second-order valence-electron chi connectivity index (χ2n) is 18.8. The minimum absolute atomic E-state index is 0.173. The summed E-state index contributed by atoms with van der Waals surface area (Å²) in [5.41, 5.74) is 21.0. The van der Waals surface area contributed by atoms with Crippen molar-refractivity contribution in [3.63, 3.8) is 0 Å². The molecule has 3 fully saturated rings. The maximum atomic E-state index is 6.86.